The first kappa shape index (κ1) is 13.0. The number of aromatic nitrogens is 2. The highest BCUT2D eigenvalue weighted by Crippen LogP contribution is 2.32. The zero-order chi connectivity index (χ0) is 13.3. The van der Waals surface area contributed by atoms with E-state index >= 15 is 0 Å². The van der Waals surface area contributed by atoms with E-state index in [0.717, 1.165) is 9.46 Å². The lowest BCUT2D eigenvalue weighted by molar-refractivity contribution is 0.739. The van der Waals surface area contributed by atoms with Gasteiger partial charge < -0.3 is 10.7 Å². The van der Waals surface area contributed by atoms with Gasteiger partial charge in [0.05, 0.1) is 0 Å². The molecule has 7 heteroatoms. The number of nitrogens with zero attached hydrogens (tertiary/aromatic N) is 1. The summed E-state index contributed by atoms with van der Waals surface area (Å²) in [4.78, 5) is 26.7. The quantitative estimate of drug-likeness (QED) is 0.648. The highest BCUT2D eigenvalue weighted by molar-refractivity contribution is 9.10. The summed E-state index contributed by atoms with van der Waals surface area (Å²) in [5.41, 5.74) is 5.57. The summed E-state index contributed by atoms with van der Waals surface area (Å²) in [6.07, 6.45) is 0. The van der Waals surface area contributed by atoms with Crippen molar-refractivity contribution in [1.82, 2.24) is 9.55 Å². The van der Waals surface area contributed by atoms with Gasteiger partial charge in [-0.25, -0.2) is 4.79 Å². The van der Waals surface area contributed by atoms with Crippen LogP contribution in [0.4, 0.5) is 5.69 Å². The molecule has 0 saturated heterocycles. The maximum atomic E-state index is 11.7. The first-order chi connectivity index (χ1) is 8.50. The van der Waals surface area contributed by atoms with E-state index in [-0.39, 0.29) is 5.56 Å². The highest BCUT2D eigenvalue weighted by atomic mass is 79.9. The Hall–Kier alpha value is -1.47. The summed E-state index contributed by atoms with van der Waals surface area (Å²) in [5.74, 6) is 0. The van der Waals surface area contributed by atoms with E-state index in [2.05, 4.69) is 20.9 Å². The fourth-order valence-corrected chi connectivity index (χ4v) is 2.80. The monoisotopic (exact) mass is 327 g/mol. The molecule has 2 aromatic rings. The fourth-order valence-electron chi connectivity index (χ4n) is 1.33. The number of H-pyrrole nitrogens is 1. The molecule has 0 radical (unpaired) electrons. The van der Waals surface area contributed by atoms with E-state index in [0.29, 0.717) is 15.2 Å². The van der Waals surface area contributed by atoms with Crippen molar-refractivity contribution in [3.63, 3.8) is 0 Å². The van der Waals surface area contributed by atoms with Crippen molar-refractivity contribution in [3.8, 4) is 0 Å². The third-order valence-electron chi connectivity index (χ3n) is 2.35. The topological polar surface area (TPSA) is 80.9 Å². The van der Waals surface area contributed by atoms with E-state index in [1.807, 2.05) is 18.2 Å². The van der Waals surface area contributed by atoms with E-state index in [9.17, 15) is 9.59 Å². The van der Waals surface area contributed by atoms with Crippen LogP contribution in [-0.2, 0) is 7.05 Å². The Labute approximate surface area is 115 Å². The Kier molecular flexibility index (Phi) is 3.63. The number of nitrogens with one attached hydrogen (secondary N) is 1. The molecule has 94 valence electrons. The van der Waals surface area contributed by atoms with Crippen LogP contribution in [0.5, 0.6) is 0 Å². The van der Waals surface area contributed by atoms with E-state index in [4.69, 9.17) is 5.73 Å². The molecule has 5 nitrogen and oxygen atoms in total. The van der Waals surface area contributed by atoms with Gasteiger partial charge in [-0.3, -0.25) is 9.36 Å². The van der Waals surface area contributed by atoms with Crippen LogP contribution in [0.25, 0.3) is 0 Å². The van der Waals surface area contributed by atoms with Crippen LogP contribution >= 0.6 is 27.7 Å². The molecule has 1 aromatic heterocycles. The zero-order valence-electron chi connectivity index (χ0n) is 9.44. The van der Waals surface area contributed by atoms with Gasteiger partial charge in [0.15, 0.2) is 0 Å². The second-order valence-electron chi connectivity index (χ2n) is 3.58. The van der Waals surface area contributed by atoms with E-state index < -0.39 is 5.69 Å². The molecule has 0 saturated carbocycles. The summed E-state index contributed by atoms with van der Waals surface area (Å²) >= 11 is 4.42. The normalized spacial score (nSPS) is 10.6. The highest BCUT2D eigenvalue weighted by Gasteiger charge is 2.11. The minimum atomic E-state index is -0.458. The summed E-state index contributed by atoms with van der Waals surface area (Å²) < 4.78 is 1.32. The van der Waals surface area contributed by atoms with Crippen molar-refractivity contribution in [2.24, 2.45) is 7.05 Å². The Morgan fingerprint density at radius 3 is 2.67 bits per heavy atom. The van der Waals surface area contributed by atoms with E-state index in [1.54, 1.807) is 6.07 Å². The van der Waals surface area contributed by atoms with Crippen LogP contribution in [0, 0.1) is 0 Å². The smallest absolute Gasteiger partial charge is 0.328 e. The van der Waals surface area contributed by atoms with Gasteiger partial charge in [-0.15, -0.1) is 0 Å². The number of halogens is 1. The lowest BCUT2D eigenvalue weighted by atomic mass is 10.3. The van der Waals surface area contributed by atoms with Gasteiger partial charge in [0, 0.05) is 17.6 Å². The molecule has 0 amide bonds. The Balaban J connectivity index is 2.52. The minimum absolute atomic E-state index is 0.317. The number of nitrogens with two attached hydrogens (primary N) is 1. The predicted molar refractivity (Wildman–Crippen MR) is 75.0 cm³/mol. The van der Waals surface area contributed by atoms with Gasteiger partial charge in [-0.2, -0.15) is 0 Å². The minimum Gasteiger partial charge on any atom is -0.398 e. The number of benzene rings is 1. The van der Waals surface area contributed by atoms with Gasteiger partial charge in [0.25, 0.3) is 5.56 Å². The summed E-state index contributed by atoms with van der Waals surface area (Å²) in [6, 6.07) is 7.24. The maximum absolute atomic E-state index is 11.7. The second kappa shape index (κ2) is 5.03. The third-order valence-corrected chi connectivity index (χ3v) is 4.45. The molecule has 1 heterocycles. The molecule has 1 aromatic carbocycles. The molecule has 3 N–H and O–H groups in total. The largest absolute Gasteiger partial charge is 0.398 e. The molecule has 0 spiro atoms. The van der Waals surface area contributed by atoms with Gasteiger partial charge >= 0.3 is 5.69 Å². The number of hydrogen-bond acceptors (Lipinski definition) is 4. The molecule has 0 aliphatic heterocycles. The van der Waals surface area contributed by atoms with Crippen molar-refractivity contribution in [2.45, 2.75) is 9.92 Å². The standard InChI is InChI=1S/C11H10BrN3O2S/c1-15-10(16)8(12)9(14-11(15)17)18-7-5-3-2-4-6(7)13/h2-5H,13H2,1H3,(H,14,17). The molecule has 0 aliphatic carbocycles. The van der Waals surface area contributed by atoms with Crippen LogP contribution in [0.3, 0.4) is 0 Å². The molecule has 0 unspecified atom stereocenters. The Bertz CT molecular complexity index is 708. The van der Waals surface area contributed by atoms with Crippen molar-refractivity contribution in [3.05, 3.63) is 49.6 Å². The number of para-hydroxylation sites is 1. The zero-order valence-corrected chi connectivity index (χ0v) is 11.8. The van der Waals surface area contributed by atoms with Crippen LogP contribution in [0.15, 0.2) is 48.2 Å². The molecule has 18 heavy (non-hydrogen) atoms. The van der Waals surface area contributed by atoms with Crippen molar-refractivity contribution in [1.29, 1.82) is 0 Å². The first-order valence-corrected chi connectivity index (χ1v) is 6.63. The summed E-state index contributed by atoms with van der Waals surface area (Å²) in [6.45, 7) is 0. The number of hydrogen-bond donors (Lipinski definition) is 2. The molecule has 0 fully saturated rings. The number of aromatic amines is 1. The Morgan fingerprint density at radius 2 is 2.00 bits per heavy atom. The second-order valence-corrected chi connectivity index (χ2v) is 5.42. The molecular weight excluding hydrogens is 318 g/mol. The lowest BCUT2D eigenvalue weighted by Gasteiger charge is -2.07. The molecule has 2 rings (SSSR count). The van der Waals surface area contributed by atoms with Gasteiger partial charge in [-0.1, -0.05) is 23.9 Å². The van der Waals surface area contributed by atoms with Crippen LogP contribution in [0.2, 0.25) is 0 Å². The number of nitrogen functional groups attached to an aromatic ring is 1. The van der Waals surface area contributed by atoms with Gasteiger partial charge in [0.1, 0.15) is 9.50 Å². The average Bonchev–Trinajstić information content (AvgIpc) is 2.36. The van der Waals surface area contributed by atoms with E-state index in [1.165, 1.54) is 18.8 Å². The summed E-state index contributed by atoms with van der Waals surface area (Å²) in [5, 5.41) is 0.445. The van der Waals surface area contributed by atoms with Crippen molar-refractivity contribution in [2.75, 3.05) is 5.73 Å². The number of anilines is 1. The summed E-state index contributed by atoms with van der Waals surface area (Å²) in [7, 11) is 1.41. The van der Waals surface area contributed by atoms with Crippen LogP contribution in [-0.4, -0.2) is 9.55 Å². The van der Waals surface area contributed by atoms with Crippen molar-refractivity contribution < 1.29 is 0 Å². The SMILES string of the molecule is Cn1c(=O)[nH]c(Sc2ccccc2N)c(Br)c1=O. The van der Waals surface area contributed by atoms with Gasteiger partial charge in [0.2, 0.25) is 0 Å². The van der Waals surface area contributed by atoms with Crippen LogP contribution in [0.1, 0.15) is 0 Å². The molecule has 0 bridgehead atoms. The van der Waals surface area contributed by atoms with Gasteiger partial charge in [-0.05, 0) is 28.1 Å². The molecule has 0 aliphatic rings. The fraction of sp³-hybridized carbons (Fsp3) is 0.0909. The van der Waals surface area contributed by atoms with Crippen molar-refractivity contribution >= 4 is 33.4 Å². The molecule has 0 atom stereocenters. The third kappa shape index (κ3) is 2.37. The maximum Gasteiger partial charge on any atom is 0.328 e. The average molecular weight is 328 g/mol. The number of rotatable bonds is 2. The first-order valence-electron chi connectivity index (χ1n) is 5.02. The predicted octanol–water partition coefficient (Wildman–Crippen LogP) is 1.57. The Morgan fingerprint density at radius 1 is 1.33 bits per heavy atom. The van der Waals surface area contributed by atoms with Crippen LogP contribution < -0.4 is 17.0 Å². The molecular formula is C11H10BrN3O2S. The lowest BCUT2D eigenvalue weighted by Crippen LogP contribution is -2.33.